The fourth-order valence-corrected chi connectivity index (χ4v) is 4.63. The molecule has 1 amide bonds. The van der Waals surface area contributed by atoms with Gasteiger partial charge in [0.05, 0.1) is 19.9 Å². The van der Waals surface area contributed by atoms with Gasteiger partial charge in [-0.15, -0.1) is 0 Å². The molecule has 0 aromatic heterocycles. The van der Waals surface area contributed by atoms with E-state index in [1.807, 2.05) is 6.07 Å². The summed E-state index contributed by atoms with van der Waals surface area (Å²) in [4.78, 5) is 30.4. The lowest BCUT2D eigenvalue weighted by atomic mass is 9.89. The van der Waals surface area contributed by atoms with E-state index in [1.165, 1.54) is 12.1 Å². The van der Waals surface area contributed by atoms with E-state index in [1.54, 1.807) is 67.7 Å². The number of piperidine rings is 1. The van der Waals surface area contributed by atoms with Crippen molar-refractivity contribution >= 4 is 23.1 Å². The number of benzene rings is 3. The summed E-state index contributed by atoms with van der Waals surface area (Å²) in [5, 5.41) is 0. The number of likely N-dealkylation sites (tertiary alicyclic amines) is 1. The van der Waals surface area contributed by atoms with Crippen molar-refractivity contribution < 1.29 is 23.5 Å². The van der Waals surface area contributed by atoms with E-state index in [2.05, 4.69) is 4.90 Å². The normalized spacial score (nSPS) is 14.2. The number of carbonyl (C=O) groups excluding carboxylic acids is 2. The van der Waals surface area contributed by atoms with Crippen molar-refractivity contribution in [3.8, 4) is 11.5 Å². The van der Waals surface area contributed by atoms with Crippen LogP contribution in [-0.4, -0.2) is 57.0 Å². The zero-order valence-corrected chi connectivity index (χ0v) is 21.2. The monoisotopic (exact) mass is 505 g/mol. The number of amides is 1. The maximum absolute atomic E-state index is 13.6. The summed E-state index contributed by atoms with van der Waals surface area (Å²) in [5.74, 6) is 0.626. The molecule has 0 radical (unpaired) electrons. The molecule has 0 aliphatic carbocycles. The van der Waals surface area contributed by atoms with Crippen LogP contribution in [0, 0.1) is 11.7 Å². The first-order valence-corrected chi connectivity index (χ1v) is 12.3. The van der Waals surface area contributed by atoms with Crippen molar-refractivity contribution in [2.24, 2.45) is 5.92 Å². The predicted molar refractivity (Wildman–Crippen MR) is 142 cm³/mol. The summed E-state index contributed by atoms with van der Waals surface area (Å²) < 4.78 is 24.1. The van der Waals surface area contributed by atoms with Gasteiger partial charge in [-0.3, -0.25) is 9.59 Å². The number of hydrogen-bond donors (Lipinski definition) is 1. The summed E-state index contributed by atoms with van der Waals surface area (Å²) in [5.41, 5.74) is 8.12. The van der Waals surface area contributed by atoms with Crippen LogP contribution in [0.5, 0.6) is 11.5 Å². The van der Waals surface area contributed by atoms with Gasteiger partial charge >= 0.3 is 0 Å². The van der Waals surface area contributed by atoms with Crippen LogP contribution in [0.3, 0.4) is 0 Å². The molecule has 0 unspecified atom stereocenters. The van der Waals surface area contributed by atoms with E-state index in [0.29, 0.717) is 59.9 Å². The SMILES string of the molecule is COc1ccc(N(CCN2CCC(C(=O)c3ccc(F)cc3)CC2)C(=O)c2ccc(N)cc2)c(OC)c1. The van der Waals surface area contributed by atoms with Crippen LogP contribution >= 0.6 is 0 Å². The molecular weight excluding hydrogens is 473 g/mol. The Balaban J connectivity index is 1.46. The van der Waals surface area contributed by atoms with Crippen molar-refractivity contribution in [3.63, 3.8) is 0 Å². The Kier molecular flexibility index (Phi) is 8.40. The molecule has 1 aliphatic heterocycles. The van der Waals surface area contributed by atoms with Gasteiger partial charge < -0.3 is 25.0 Å². The number of hydrogen-bond acceptors (Lipinski definition) is 6. The fourth-order valence-electron chi connectivity index (χ4n) is 4.63. The second-order valence-electron chi connectivity index (χ2n) is 9.10. The van der Waals surface area contributed by atoms with E-state index in [0.717, 1.165) is 13.1 Å². The molecule has 37 heavy (non-hydrogen) atoms. The first-order chi connectivity index (χ1) is 17.9. The Morgan fingerprint density at radius 1 is 0.946 bits per heavy atom. The summed E-state index contributed by atoms with van der Waals surface area (Å²) in [6.07, 6.45) is 1.43. The summed E-state index contributed by atoms with van der Waals surface area (Å²) >= 11 is 0. The van der Waals surface area contributed by atoms with Crippen molar-refractivity contribution in [1.29, 1.82) is 0 Å². The van der Waals surface area contributed by atoms with Crippen LogP contribution < -0.4 is 20.1 Å². The molecule has 1 fully saturated rings. The number of nitrogen functional groups attached to an aromatic ring is 1. The zero-order chi connectivity index (χ0) is 26.4. The van der Waals surface area contributed by atoms with Crippen molar-refractivity contribution in [3.05, 3.63) is 83.7 Å². The third kappa shape index (κ3) is 6.27. The molecule has 4 rings (SSSR count). The van der Waals surface area contributed by atoms with E-state index in [4.69, 9.17) is 15.2 Å². The Hall–Kier alpha value is -3.91. The van der Waals surface area contributed by atoms with Crippen LogP contribution in [0.25, 0.3) is 0 Å². The number of carbonyl (C=O) groups is 2. The first-order valence-electron chi connectivity index (χ1n) is 12.3. The predicted octanol–water partition coefficient (Wildman–Crippen LogP) is 4.67. The lowest BCUT2D eigenvalue weighted by Gasteiger charge is -2.33. The molecule has 1 heterocycles. The number of ketones is 1. The van der Waals surface area contributed by atoms with Gasteiger partial charge in [-0.25, -0.2) is 4.39 Å². The molecule has 7 nitrogen and oxygen atoms in total. The first kappa shape index (κ1) is 26.2. The Morgan fingerprint density at radius 2 is 1.59 bits per heavy atom. The van der Waals surface area contributed by atoms with Crippen LogP contribution in [0.15, 0.2) is 66.7 Å². The van der Waals surface area contributed by atoms with E-state index in [-0.39, 0.29) is 23.4 Å². The van der Waals surface area contributed by atoms with Crippen LogP contribution in [0.4, 0.5) is 15.8 Å². The number of methoxy groups -OCH3 is 2. The third-order valence-corrected chi connectivity index (χ3v) is 6.81. The zero-order valence-electron chi connectivity index (χ0n) is 21.2. The fraction of sp³-hybridized carbons (Fsp3) is 0.310. The van der Waals surface area contributed by atoms with Gasteiger partial charge in [0.25, 0.3) is 5.91 Å². The van der Waals surface area contributed by atoms with E-state index < -0.39 is 0 Å². The lowest BCUT2D eigenvalue weighted by Crippen LogP contribution is -2.43. The maximum Gasteiger partial charge on any atom is 0.258 e. The standard InChI is InChI=1S/C29H32FN3O4/c1-36-25-11-12-26(27(19-25)37-2)33(29(35)22-5-9-24(31)10-6-22)18-17-32-15-13-21(14-16-32)28(34)20-3-7-23(30)8-4-20/h3-12,19,21H,13-18,31H2,1-2H3. The number of nitrogens with zero attached hydrogens (tertiary/aromatic N) is 2. The number of ether oxygens (including phenoxy) is 2. The summed E-state index contributed by atoms with van der Waals surface area (Å²) in [6, 6.07) is 18.0. The van der Waals surface area contributed by atoms with Gasteiger partial charge in [-0.05, 0) is 86.6 Å². The quantitative estimate of drug-likeness (QED) is 0.336. The topological polar surface area (TPSA) is 85.1 Å². The average molecular weight is 506 g/mol. The van der Waals surface area contributed by atoms with Crippen molar-refractivity contribution in [2.45, 2.75) is 12.8 Å². The minimum absolute atomic E-state index is 0.0581. The number of Topliss-reactive ketones (excluding diaryl/α,β-unsaturated/α-hetero) is 1. The molecular formula is C29H32FN3O4. The smallest absolute Gasteiger partial charge is 0.258 e. The molecule has 8 heteroatoms. The molecule has 1 saturated heterocycles. The molecule has 2 N–H and O–H groups in total. The summed E-state index contributed by atoms with van der Waals surface area (Å²) in [7, 11) is 3.14. The molecule has 194 valence electrons. The second-order valence-corrected chi connectivity index (χ2v) is 9.10. The summed E-state index contributed by atoms with van der Waals surface area (Å²) in [6.45, 7) is 2.54. The average Bonchev–Trinajstić information content (AvgIpc) is 2.93. The molecule has 1 aliphatic rings. The Morgan fingerprint density at radius 3 is 2.22 bits per heavy atom. The Bertz CT molecular complexity index is 1220. The van der Waals surface area contributed by atoms with Gasteiger partial charge in [0.1, 0.15) is 17.3 Å². The van der Waals surface area contributed by atoms with Crippen LogP contribution in [0.2, 0.25) is 0 Å². The second kappa shape index (κ2) is 11.9. The Labute approximate surface area is 216 Å². The minimum Gasteiger partial charge on any atom is -0.497 e. The van der Waals surface area contributed by atoms with Gasteiger partial charge in [0, 0.05) is 41.9 Å². The number of anilines is 2. The maximum atomic E-state index is 13.6. The highest BCUT2D eigenvalue weighted by Crippen LogP contribution is 2.33. The molecule has 3 aromatic rings. The van der Waals surface area contributed by atoms with E-state index in [9.17, 15) is 14.0 Å². The molecule has 3 aromatic carbocycles. The minimum atomic E-state index is -0.349. The molecule has 0 bridgehead atoms. The van der Waals surface area contributed by atoms with E-state index >= 15 is 0 Å². The highest BCUT2D eigenvalue weighted by molar-refractivity contribution is 6.07. The van der Waals surface area contributed by atoms with Gasteiger partial charge in [0.2, 0.25) is 0 Å². The van der Waals surface area contributed by atoms with Crippen LogP contribution in [0.1, 0.15) is 33.6 Å². The molecule has 0 saturated carbocycles. The van der Waals surface area contributed by atoms with Crippen molar-refractivity contribution in [2.75, 3.05) is 51.0 Å². The van der Waals surface area contributed by atoms with Crippen molar-refractivity contribution in [1.82, 2.24) is 4.90 Å². The number of nitrogens with two attached hydrogens (primary N) is 1. The van der Waals surface area contributed by atoms with Crippen LogP contribution in [-0.2, 0) is 0 Å². The highest BCUT2D eigenvalue weighted by atomic mass is 19.1. The highest BCUT2D eigenvalue weighted by Gasteiger charge is 2.27. The van der Waals surface area contributed by atoms with Gasteiger partial charge in [-0.2, -0.15) is 0 Å². The number of halogens is 1. The van der Waals surface area contributed by atoms with Gasteiger partial charge in [0.15, 0.2) is 5.78 Å². The largest absolute Gasteiger partial charge is 0.497 e. The third-order valence-electron chi connectivity index (χ3n) is 6.81. The van der Waals surface area contributed by atoms with Gasteiger partial charge in [-0.1, -0.05) is 0 Å². The lowest BCUT2D eigenvalue weighted by molar-refractivity contribution is 0.0841. The molecule has 0 atom stereocenters. The number of rotatable bonds is 9. The molecule has 0 spiro atoms.